The fourth-order valence-corrected chi connectivity index (χ4v) is 3.18. The first-order valence-electron chi connectivity index (χ1n) is 7.46. The Labute approximate surface area is 114 Å². The van der Waals surface area contributed by atoms with Crippen molar-refractivity contribution >= 4 is 5.91 Å². The van der Waals surface area contributed by atoms with E-state index in [1.54, 1.807) is 0 Å². The van der Waals surface area contributed by atoms with Crippen LogP contribution in [-0.2, 0) is 12.8 Å². The van der Waals surface area contributed by atoms with Gasteiger partial charge >= 0.3 is 0 Å². The standard InChI is InChI=1S/C16H22N2O/c19-16(18-10-8-15-5-2-9-17-15)14-7-6-12-3-1-4-13(12)11-14/h6-7,11,15,17H,1-5,8-10H2,(H,18,19). The average molecular weight is 258 g/mol. The third-order valence-electron chi connectivity index (χ3n) is 4.30. The summed E-state index contributed by atoms with van der Waals surface area (Å²) >= 11 is 0. The van der Waals surface area contributed by atoms with Crippen molar-refractivity contribution in [2.24, 2.45) is 0 Å². The van der Waals surface area contributed by atoms with Crippen LogP contribution < -0.4 is 10.6 Å². The van der Waals surface area contributed by atoms with Gasteiger partial charge in [0.15, 0.2) is 0 Å². The normalized spacial score (nSPS) is 21.4. The van der Waals surface area contributed by atoms with Crippen molar-refractivity contribution in [3.8, 4) is 0 Å². The molecule has 1 atom stereocenters. The van der Waals surface area contributed by atoms with Gasteiger partial charge in [0.1, 0.15) is 0 Å². The van der Waals surface area contributed by atoms with Crippen LogP contribution in [0.4, 0.5) is 0 Å². The lowest BCUT2D eigenvalue weighted by molar-refractivity contribution is 0.0952. The minimum absolute atomic E-state index is 0.0766. The molecule has 1 aromatic carbocycles. The first kappa shape index (κ1) is 12.7. The molecule has 1 unspecified atom stereocenters. The topological polar surface area (TPSA) is 41.1 Å². The fourth-order valence-electron chi connectivity index (χ4n) is 3.18. The predicted molar refractivity (Wildman–Crippen MR) is 76.4 cm³/mol. The van der Waals surface area contributed by atoms with Gasteiger partial charge in [0.05, 0.1) is 0 Å². The number of fused-ring (bicyclic) bond motifs is 1. The predicted octanol–water partition coefficient (Wildman–Crippen LogP) is 2.05. The first-order chi connectivity index (χ1) is 9.33. The Bertz CT molecular complexity index is 464. The van der Waals surface area contributed by atoms with Gasteiger partial charge in [-0.3, -0.25) is 4.79 Å². The highest BCUT2D eigenvalue weighted by atomic mass is 16.1. The molecule has 3 nitrogen and oxygen atoms in total. The molecule has 0 spiro atoms. The summed E-state index contributed by atoms with van der Waals surface area (Å²) in [4.78, 5) is 12.1. The molecule has 1 fully saturated rings. The van der Waals surface area contributed by atoms with E-state index < -0.39 is 0 Å². The lowest BCUT2D eigenvalue weighted by Crippen LogP contribution is -2.30. The zero-order valence-electron chi connectivity index (χ0n) is 11.4. The van der Waals surface area contributed by atoms with E-state index in [4.69, 9.17) is 0 Å². The SMILES string of the molecule is O=C(NCCC1CCCN1)c1ccc2c(c1)CCC2. The number of carbonyl (C=O) groups is 1. The number of hydrogen-bond acceptors (Lipinski definition) is 2. The molecule has 102 valence electrons. The summed E-state index contributed by atoms with van der Waals surface area (Å²) in [7, 11) is 0. The molecule has 3 rings (SSSR count). The summed E-state index contributed by atoms with van der Waals surface area (Å²) in [6.45, 7) is 1.90. The smallest absolute Gasteiger partial charge is 0.251 e. The summed E-state index contributed by atoms with van der Waals surface area (Å²) in [5.74, 6) is 0.0766. The number of benzene rings is 1. The number of nitrogens with one attached hydrogen (secondary N) is 2. The van der Waals surface area contributed by atoms with Crippen LogP contribution in [0.1, 0.15) is 47.2 Å². The van der Waals surface area contributed by atoms with E-state index in [2.05, 4.69) is 22.8 Å². The maximum atomic E-state index is 12.1. The first-order valence-corrected chi connectivity index (χ1v) is 7.46. The third-order valence-corrected chi connectivity index (χ3v) is 4.30. The maximum Gasteiger partial charge on any atom is 0.251 e. The molecule has 1 saturated heterocycles. The van der Waals surface area contributed by atoms with Gasteiger partial charge in [-0.2, -0.15) is 0 Å². The van der Waals surface area contributed by atoms with Crippen LogP contribution in [0, 0.1) is 0 Å². The molecule has 0 radical (unpaired) electrons. The van der Waals surface area contributed by atoms with Crippen molar-refractivity contribution in [1.82, 2.24) is 10.6 Å². The highest BCUT2D eigenvalue weighted by Crippen LogP contribution is 2.22. The molecule has 1 aliphatic heterocycles. The second-order valence-electron chi connectivity index (χ2n) is 5.67. The zero-order valence-corrected chi connectivity index (χ0v) is 11.4. The Morgan fingerprint density at radius 2 is 2.16 bits per heavy atom. The Hall–Kier alpha value is -1.35. The summed E-state index contributed by atoms with van der Waals surface area (Å²) in [6, 6.07) is 6.76. The van der Waals surface area contributed by atoms with Crippen molar-refractivity contribution in [1.29, 1.82) is 0 Å². The van der Waals surface area contributed by atoms with Crippen LogP contribution in [-0.4, -0.2) is 25.0 Å². The maximum absolute atomic E-state index is 12.1. The van der Waals surface area contributed by atoms with Crippen LogP contribution >= 0.6 is 0 Å². The van der Waals surface area contributed by atoms with Gasteiger partial charge in [-0.25, -0.2) is 0 Å². The average Bonchev–Trinajstić information content (AvgIpc) is 3.08. The van der Waals surface area contributed by atoms with Crippen molar-refractivity contribution in [2.75, 3.05) is 13.1 Å². The fraction of sp³-hybridized carbons (Fsp3) is 0.562. The molecule has 2 N–H and O–H groups in total. The van der Waals surface area contributed by atoms with E-state index in [0.29, 0.717) is 6.04 Å². The van der Waals surface area contributed by atoms with Gasteiger partial charge in [-0.05, 0) is 68.3 Å². The van der Waals surface area contributed by atoms with Gasteiger partial charge in [0.2, 0.25) is 0 Å². The van der Waals surface area contributed by atoms with E-state index in [9.17, 15) is 4.79 Å². The van der Waals surface area contributed by atoms with Crippen LogP contribution in [0.15, 0.2) is 18.2 Å². The molecule has 1 aliphatic carbocycles. The van der Waals surface area contributed by atoms with Crippen molar-refractivity contribution in [3.05, 3.63) is 34.9 Å². The molecule has 2 aliphatic rings. The minimum atomic E-state index is 0.0766. The van der Waals surface area contributed by atoms with Crippen LogP contribution in [0.2, 0.25) is 0 Å². The summed E-state index contributed by atoms with van der Waals surface area (Å²) in [6.07, 6.45) is 7.08. The molecule has 0 saturated carbocycles. The van der Waals surface area contributed by atoms with E-state index >= 15 is 0 Å². The highest BCUT2D eigenvalue weighted by molar-refractivity contribution is 5.94. The second-order valence-corrected chi connectivity index (χ2v) is 5.67. The van der Waals surface area contributed by atoms with Gasteiger partial charge in [0, 0.05) is 18.2 Å². The molecule has 1 heterocycles. The minimum Gasteiger partial charge on any atom is -0.352 e. The van der Waals surface area contributed by atoms with E-state index in [-0.39, 0.29) is 5.91 Å². The molecule has 1 amide bonds. The third kappa shape index (κ3) is 2.98. The number of hydrogen-bond donors (Lipinski definition) is 2. The molecule has 0 bridgehead atoms. The summed E-state index contributed by atoms with van der Waals surface area (Å²) in [5.41, 5.74) is 3.61. The molecule has 1 aromatic rings. The summed E-state index contributed by atoms with van der Waals surface area (Å²) in [5, 5.41) is 6.49. The van der Waals surface area contributed by atoms with Crippen molar-refractivity contribution in [3.63, 3.8) is 0 Å². The summed E-state index contributed by atoms with van der Waals surface area (Å²) < 4.78 is 0. The molecular weight excluding hydrogens is 236 g/mol. The Kier molecular flexibility index (Phi) is 3.83. The lowest BCUT2D eigenvalue weighted by atomic mass is 10.1. The van der Waals surface area contributed by atoms with Crippen LogP contribution in [0.5, 0.6) is 0 Å². The van der Waals surface area contributed by atoms with Gasteiger partial charge in [-0.1, -0.05) is 6.07 Å². The number of aryl methyl sites for hydroxylation is 2. The second kappa shape index (κ2) is 5.74. The van der Waals surface area contributed by atoms with Crippen LogP contribution in [0.3, 0.4) is 0 Å². The van der Waals surface area contributed by atoms with Crippen molar-refractivity contribution < 1.29 is 4.79 Å². The van der Waals surface area contributed by atoms with Gasteiger partial charge in [0.25, 0.3) is 5.91 Å². The molecule has 19 heavy (non-hydrogen) atoms. The monoisotopic (exact) mass is 258 g/mol. The number of carbonyl (C=O) groups excluding carboxylic acids is 1. The quantitative estimate of drug-likeness (QED) is 0.868. The Balaban J connectivity index is 1.52. The molecule has 3 heteroatoms. The Morgan fingerprint density at radius 3 is 3.00 bits per heavy atom. The number of amides is 1. The Morgan fingerprint density at radius 1 is 1.26 bits per heavy atom. The lowest BCUT2D eigenvalue weighted by Gasteiger charge is -2.11. The van der Waals surface area contributed by atoms with E-state index in [1.165, 1.54) is 36.8 Å². The molecule has 0 aromatic heterocycles. The van der Waals surface area contributed by atoms with E-state index in [1.807, 2.05) is 6.07 Å². The highest BCUT2D eigenvalue weighted by Gasteiger charge is 2.15. The van der Waals surface area contributed by atoms with Gasteiger partial charge < -0.3 is 10.6 Å². The zero-order chi connectivity index (χ0) is 13.1. The van der Waals surface area contributed by atoms with Crippen molar-refractivity contribution in [2.45, 2.75) is 44.6 Å². The van der Waals surface area contributed by atoms with Crippen LogP contribution in [0.25, 0.3) is 0 Å². The van der Waals surface area contributed by atoms with Gasteiger partial charge in [-0.15, -0.1) is 0 Å². The number of rotatable bonds is 4. The molecular formula is C16H22N2O. The largest absolute Gasteiger partial charge is 0.352 e. The van der Waals surface area contributed by atoms with E-state index in [0.717, 1.165) is 31.5 Å².